The van der Waals surface area contributed by atoms with E-state index in [2.05, 4.69) is 39.0 Å². The van der Waals surface area contributed by atoms with Crippen molar-refractivity contribution in [3.8, 4) is 5.75 Å². The third-order valence-corrected chi connectivity index (χ3v) is 3.20. The van der Waals surface area contributed by atoms with Crippen LogP contribution in [0.5, 0.6) is 5.75 Å². The molecule has 0 saturated heterocycles. The lowest BCUT2D eigenvalue weighted by Crippen LogP contribution is -2.30. The predicted octanol–water partition coefficient (Wildman–Crippen LogP) is 3.41. The summed E-state index contributed by atoms with van der Waals surface area (Å²) in [6.07, 6.45) is 2.19. The maximum atomic E-state index is 6.03. The van der Waals surface area contributed by atoms with E-state index in [0.717, 1.165) is 18.6 Å². The maximum absolute atomic E-state index is 6.03. The number of hydrogen-bond donors (Lipinski definition) is 1. The van der Waals surface area contributed by atoms with Crippen molar-refractivity contribution in [2.75, 3.05) is 6.61 Å². The van der Waals surface area contributed by atoms with Crippen LogP contribution in [-0.2, 0) is 0 Å². The van der Waals surface area contributed by atoms with E-state index in [-0.39, 0.29) is 17.9 Å². The van der Waals surface area contributed by atoms with Gasteiger partial charge in [0.15, 0.2) is 0 Å². The topological polar surface area (TPSA) is 35.2 Å². The smallest absolute Gasteiger partial charge is 0.123 e. The Bertz CT molecular complexity index is 386. The molecule has 1 aromatic rings. The molecular formula is C14H22ClNO. The Labute approximate surface area is 110 Å². The van der Waals surface area contributed by atoms with Gasteiger partial charge >= 0.3 is 0 Å². The molecule has 0 atom stereocenters. The molecule has 2 N–H and O–H groups in total. The Morgan fingerprint density at radius 1 is 1.35 bits per heavy atom. The first-order chi connectivity index (χ1) is 7.50. The quantitative estimate of drug-likeness (QED) is 0.895. The molecule has 0 heterocycles. The summed E-state index contributed by atoms with van der Waals surface area (Å²) < 4.78 is 5.88. The molecule has 1 aliphatic carbocycles. The van der Waals surface area contributed by atoms with E-state index in [1.807, 2.05) is 0 Å². The number of benzene rings is 1. The molecule has 2 nitrogen and oxygen atoms in total. The first kappa shape index (κ1) is 14.3. The van der Waals surface area contributed by atoms with Crippen LogP contribution in [0.15, 0.2) is 18.2 Å². The standard InChI is InChI=1S/C14H21NO.ClH/c1-10(2)12-5-4-11(3)8-13(12)16-9-14(15)6-7-14;/h4-5,8,10H,6-7,9,15H2,1-3H3;1H. The molecule has 0 bridgehead atoms. The molecule has 1 aromatic carbocycles. The Hall–Kier alpha value is -0.730. The van der Waals surface area contributed by atoms with Gasteiger partial charge in [-0.1, -0.05) is 26.0 Å². The summed E-state index contributed by atoms with van der Waals surface area (Å²) in [5.74, 6) is 1.50. The van der Waals surface area contributed by atoms with Gasteiger partial charge in [0.2, 0.25) is 0 Å². The normalized spacial score (nSPS) is 16.5. The summed E-state index contributed by atoms with van der Waals surface area (Å²) in [5.41, 5.74) is 8.50. The Morgan fingerprint density at radius 3 is 2.53 bits per heavy atom. The summed E-state index contributed by atoms with van der Waals surface area (Å²) in [7, 11) is 0. The van der Waals surface area contributed by atoms with Crippen LogP contribution >= 0.6 is 12.4 Å². The van der Waals surface area contributed by atoms with Crippen molar-refractivity contribution in [1.82, 2.24) is 0 Å². The largest absolute Gasteiger partial charge is 0.491 e. The molecule has 0 unspecified atom stereocenters. The van der Waals surface area contributed by atoms with Crippen LogP contribution in [-0.4, -0.2) is 12.1 Å². The van der Waals surface area contributed by atoms with E-state index in [1.165, 1.54) is 11.1 Å². The molecule has 0 spiro atoms. The fraction of sp³-hybridized carbons (Fsp3) is 0.571. The van der Waals surface area contributed by atoms with Crippen molar-refractivity contribution in [1.29, 1.82) is 0 Å². The molecule has 0 amide bonds. The summed E-state index contributed by atoms with van der Waals surface area (Å²) in [5, 5.41) is 0. The first-order valence-corrected chi connectivity index (χ1v) is 6.02. The number of ether oxygens (including phenoxy) is 1. The van der Waals surface area contributed by atoms with Gasteiger partial charge in [0.05, 0.1) is 5.54 Å². The first-order valence-electron chi connectivity index (χ1n) is 6.02. The number of rotatable bonds is 4. The number of halogens is 1. The highest BCUT2D eigenvalue weighted by Crippen LogP contribution is 2.34. The van der Waals surface area contributed by atoms with Gasteiger partial charge in [-0.3, -0.25) is 0 Å². The van der Waals surface area contributed by atoms with Gasteiger partial charge in [-0.25, -0.2) is 0 Å². The molecule has 0 radical (unpaired) electrons. The van der Waals surface area contributed by atoms with Crippen LogP contribution < -0.4 is 10.5 Å². The predicted molar refractivity (Wildman–Crippen MR) is 74.2 cm³/mol. The van der Waals surface area contributed by atoms with Crippen molar-refractivity contribution >= 4 is 12.4 Å². The minimum atomic E-state index is -0.0437. The van der Waals surface area contributed by atoms with Gasteiger partial charge in [-0.15, -0.1) is 12.4 Å². The zero-order chi connectivity index (χ0) is 11.8. The highest BCUT2D eigenvalue weighted by Gasteiger charge is 2.39. The molecule has 0 aromatic heterocycles. The summed E-state index contributed by atoms with van der Waals surface area (Å²) in [6, 6.07) is 6.41. The Balaban J connectivity index is 0.00000144. The minimum Gasteiger partial charge on any atom is -0.491 e. The lowest BCUT2D eigenvalue weighted by atomic mass is 10.0. The monoisotopic (exact) mass is 255 g/mol. The van der Waals surface area contributed by atoms with Crippen LogP contribution in [0.2, 0.25) is 0 Å². The van der Waals surface area contributed by atoms with Crippen LogP contribution in [0.1, 0.15) is 43.7 Å². The maximum Gasteiger partial charge on any atom is 0.123 e. The second-order valence-electron chi connectivity index (χ2n) is 5.35. The van der Waals surface area contributed by atoms with Gasteiger partial charge in [0.25, 0.3) is 0 Å². The highest BCUT2D eigenvalue weighted by atomic mass is 35.5. The van der Waals surface area contributed by atoms with E-state index in [4.69, 9.17) is 10.5 Å². The number of aryl methyl sites for hydroxylation is 1. The van der Waals surface area contributed by atoms with Crippen molar-refractivity contribution in [3.63, 3.8) is 0 Å². The Kier molecular flexibility index (Phi) is 4.45. The van der Waals surface area contributed by atoms with Crippen LogP contribution in [0.4, 0.5) is 0 Å². The summed E-state index contributed by atoms with van der Waals surface area (Å²) in [6.45, 7) is 7.11. The zero-order valence-corrected chi connectivity index (χ0v) is 11.6. The molecule has 1 saturated carbocycles. The molecule has 2 rings (SSSR count). The number of hydrogen-bond acceptors (Lipinski definition) is 2. The van der Waals surface area contributed by atoms with Crippen LogP contribution in [0.25, 0.3) is 0 Å². The molecule has 17 heavy (non-hydrogen) atoms. The lowest BCUT2D eigenvalue weighted by Gasteiger charge is -2.17. The third kappa shape index (κ3) is 3.62. The van der Waals surface area contributed by atoms with Gasteiger partial charge in [0.1, 0.15) is 12.4 Å². The fourth-order valence-corrected chi connectivity index (χ4v) is 1.77. The lowest BCUT2D eigenvalue weighted by molar-refractivity contribution is 0.276. The summed E-state index contributed by atoms with van der Waals surface area (Å²) >= 11 is 0. The van der Waals surface area contributed by atoms with E-state index in [1.54, 1.807) is 0 Å². The Morgan fingerprint density at radius 2 is 2.00 bits per heavy atom. The zero-order valence-electron chi connectivity index (χ0n) is 10.8. The van der Waals surface area contributed by atoms with Crippen molar-refractivity contribution in [2.45, 2.75) is 45.1 Å². The van der Waals surface area contributed by atoms with Crippen molar-refractivity contribution in [3.05, 3.63) is 29.3 Å². The van der Waals surface area contributed by atoms with E-state index in [0.29, 0.717) is 12.5 Å². The molecule has 0 aliphatic heterocycles. The van der Waals surface area contributed by atoms with E-state index < -0.39 is 0 Å². The van der Waals surface area contributed by atoms with E-state index in [9.17, 15) is 0 Å². The van der Waals surface area contributed by atoms with Gasteiger partial charge in [-0.2, -0.15) is 0 Å². The minimum absolute atomic E-state index is 0. The van der Waals surface area contributed by atoms with Crippen LogP contribution in [0.3, 0.4) is 0 Å². The highest BCUT2D eigenvalue weighted by molar-refractivity contribution is 5.85. The second kappa shape index (κ2) is 5.28. The van der Waals surface area contributed by atoms with Crippen LogP contribution in [0, 0.1) is 6.92 Å². The molecule has 1 aliphatic rings. The average molecular weight is 256 g/mol. The summed E-state index contributed by atoms with van der Waals surface area (Å²) in [4.78, 5) is 0. The SMILES string of the molecule is Cc1ccc(C(C)C)c(OCC2(N)CC2)c1.Cl. The van der Waals surface area contributed by atoms with E-state index >= 15 is 0 Å². The molecule has 1 fully saturated rings. The van der Waals surface area contributed by atoms with Gasteiger partial charge in [-0.05, 0) is 42.9 Å². The third-order valence-electron chi connectivity index (χ3n) is 3.20. The molecule has 3 heteroatoms. The second-order valence-corrected chi connectivity index (χ2v) is 5.35. The van der Waals surface area contributed by atoms with Gasteiger partial charge in [0, 0.05) is 0 Å². The average Bonchev–Trinajstić information content (AvgIpc) is 2.94. The number of nitrogens with two attached hydrogens (primary N) is 1. The van der Waals surface area contributed by atoms with Gasteiger partial charge < -0.3 is 10.5 Å². The van der Waals surface area contributed by atoms with Crippen molar-refractivity contribution < 1.29 is 4.74 Å². The fourth-order valence-electron chi connectivity index (χ4n) is 1.77. The molecular weight excluding hydrogens is 234 g/mol. The molecule has 96 valence electrons. The van der Waals surface area contributed by atoms with Crippen molar-refractivity contribution in [2.24, 2.45) is 5.73 Å².